The molecule has 6 nitrogen and oxygen atoms in total. The number of anilines is 1. The Balaban J connectivity index is 1.36. The lowest BCUT2D eigenvalue weighted by Crippen LogP contribution is -2.14. The maximum Gasteiger partial charge on any atom is 0.228 e. The zero-order chi connectivity index (χ0) is 20.3. The van der Waals surface area contributed by atoms with Crippen molar-refractivity contribution < 1.29 is 4.79 Å². The molecule has 30 heavy (non-hydrogen) atoms. The predicted molar refractivity (Wildman–Crippen MR) is 118 cm³/mol. The summed E-state index contributed by atoms with van der Waals surface area (Å²) in [5.74, 6) is 0.685. The van der Waals surface area contributed by atoms with E-state index < -0.39 is 0 Å². The second-order valence-electron chi connectivity index (χ2n) is 6.78. The quantitative estimate of drug-likeness (QED) is 0.455. The van der Waals surface area contributed by atoms with Gasteiger partial charge in [-0.15, -0.1) is 21.5 Å². The minimum Gasteiger partial charge on any atom is -0.326 e. The zero-order valence-corrected chi connectivity index (χ0v) is 16.7. The number of aromatic nitrogens is 4. The molecule has 2 aromatic carbocycles. The maximum atomic E-state index is 12.3. The Hall–Kier alpha value is -3.84. The van der Waals surface area contributed by atoms with Crippen LogP contribution < -0.4 is 5.32 Å². The molecular weight excluding hydrogens is 394 g/mol. The lowest BCUT2D eigenvalue weighted by molar-refractivity contribution is -0.115. The smallest absolute Gasteiger partial charge is 0.228 e. The van der Waals surface area contributed by atoms with Crippen molar-refractivity contribution in [3.63, 3.8) is 0 Å². The minimum atomic E-state index is -0.0430. The van der Waals surface area contributed by atoms with Gasteiger partial charge in [-0.2, -0.15) is 9.61 Å². The van der Waals surface area contributed by atoms with Crippen LogP contribution in [-0.2, 0) is 11.2 Å². The van der Waals surface area contributed by atoms with Gasteiger partial charge in [0.1, 0.15) is 0 Å². The van der Waals surface area contributed by atoms with Gasteiger partial charge in [0.15, 0.2) is 11.5 Å². The molecular formula is C23H17N5OS. The number of benzene rings is 2. The standard InChI is InChI=1S/C23H17N5OS/c29-22(15-16-5-2-1-3-6-16)24-18-10-8-17(9-11-18)19-12-13-21-25-26-23(28(21)27-19)20-7-4-14-30-20/h1-14H,15H2,(H,24,29). The molecule has 5 aromatic rings. The molecule has 3 aromatic heterocycles. The topological polar surface area (TPSA) is 72.2 Å². The molecule has 3 heterocycles. The van der Waals surface area contributed by atoms with E-state index in [1.807, 2.05) is 84.2 Å². The largest absolute Gasteiger partial charge is 0.326 e. The average molecular weight is 411 g/mol. The van der Waals surface area contributed by atoms with Crippen molar-refractivity contribution in [3.05, 3.63) is 89.8 Å². The first-order valence-corrected chi connectivity index (χ1v) is 10.3. The third-order valence-corrected chi connectivity index (χ3v) is 5.54. The third-order valence-electron chi connectivity index (χ3n) is 4.68. The van der Waals surface area contributed by atoms with E-state index in [1.54, 1.807) is 15.9 Å². The minimum absolute atomic E-state index is 0.0430. The van der Waals surface area contributed by atoms with Crippen LogP contribution in [0.2, 0.25) is 0 Å². The van der Waals surface area contributed by atoms with Crippen molar-refractivity contribution >= 4 is 28.6 Å². The monoisotopic (exact) mass is 411 g/mol. The summed E-state index contributed by atoms with van der Waals surface area (Å²) in [6, 6.07) is 25.2. The summed E-state index contributed by atoms with van der Waals surface area (Å²) in [4.78, 5) is 13.3. The van der Waals surface area contributed by atoms with E-state index in [0.717, 1.165) is 33.2 Å². The van der Waals surface area contributed by atoms with Crippen LogP contribution in [0, 0.1) is 0 Å². The van der Waals surface area contributed by atoms with Crippen molar-refractivity contribution in [2.75, 3.05) is 5.32 Å². The molecule has 0 aliphatic rings. The number of hydrogen-bond donors (Lipinski definition) is 1. The molecule has 1 amide bonds. The van der Waals surface area contributed by atoms with Crippen LogP contribution in [0.15, 0.2) is 84.2 Å². The summed E-state index contributed by atoms with van der Waals surface area (Å²) in [6.45, 7) is 0. The van der Waals surface area contributed by atoms with Crippen molar-refractivity contribution in [2.45, 2.75) is 6.42 Å². The Labute approximate surface area is 176 Å². The fourth-order valence-electron chi connectivity index (χ4n) is 3.21. The summed E-state index contributed by atoms with van der Waals surface area (Å²) in [5, 5.41) is 18.1. The van der Waals surface area contributed by atoms with E-state index in [4.69, 9.17) is 5.10 Å². The Morgan fingerprint density at radius 3 is 2.50 bits per heavy atom. The van der Waals surface area contributed by atoms with Crippen LogP contribution in [0.3, 0.4) is 0 Å². The van der Waals surface area contributed by atoms with E-state index in [1.165, 1.54) is 0 Å². The highest BCUT2D eigenvalue weighted by atomic mass is 32.1. The molecule has 0 spiro atoms. The van der Waals surface area contributed by atoms with Crippen molar-refractivity contribution in [1.29, 1.82) is 0 Å². The number of fused-ring (bicyclic) bond motifs is 1. The number of nitrogens with zero attached hydrogens (tertiary/aromatic N) is 4. The fourth-order valence-corrected chi connectivity index (χ4v) is 3.91. The van der Waals surface area contributed by atoms with Gasteiger partial charge < -0.3 is 5.32 Å². The van der Waals surface area contributed by atoms with Crippen molar-refractivity contribution in [2.24, 2.45) is 0 Å². The normalized spacial score (nSPS) is 10.9. The van der Waals surface area contributed by atoms with E-state index >= 15 is 0 Å². The van der Waals surface area contributed by atoms with Gasteiger partial charge in [0.2, 0.25) is 5.91 Å². The van der Waals surface area contributed by atoms with Crippen LogP contribution in [0.25, 0.3) is 27.6 Å². The highest BCUT2D eigenvalue weighted by molar-refractivity contribution is 7.13. The summed E-state index contributed by atoms with van der Waals surface area (Å²) in [5.41, 5.74) is 4.20. The van der Waals surface area contributed by atoms with E-state index in [9.17, 15) is 4.79 Å². The first-order valence-electron chi connectivity index (χ1n) is 9.47. The SMILES string of the molecule is O=C(Cc1ccccc1)Nc1ccc(-c2ccc3nnc(-c4cccs4)n3n2)cc1. The highest BCUT2D eigenvalue weighted by Gasteiger charge is 2.12. The molecule has 0 radical (unpaired) electrons. The van der Waals surface area contributed by atoms with E-state index in [-0.39, 0.29) is 5.91 Å². The van der Waals surface area contributed by atoms with Gasteiger partial charge in [-0.05, 0) is 41.3 Å². The summed E-state index contributed by atoms with van der Waals surface area (Å²) in [6.07, 6.45) is 0.347. The highest BCUT2D eigenvalue weighted by Crippen LogP contribution is 2.25. The molecule has 146 valence electrons. The van der Waals surface area contributed by atoms with Gasteiger partial charge in [0.25, 0.3) is 0 Å². The third kappa shape index (κ3) is 3.70. The Morgan fingerprint density at radius 1 is 0.900 bits per heavy atom. The molecule has 7 heteroatoms. The van der Waals surface area contributed by atoms with Gasteiger partial charge in [-0.1, -0.05) is 48.5 Å². The average Bonchev–Trinajstić information content (AvgIpc) is 3.44. The summed E-state index contributed by atoms with van der Waals surface area (Å²) >= 11 is 1.60. The molecule has 0 saturated heterocycles. The predicted octanol–water partition coefficient (Wildman–Crippen LogP) is 4.70. The van der Waals surface area contributed by atoms with E-state index in [2.05, 4.69) is 15.5 Å². The summed E-state index contributed by atoms with van der Waals surface area (Å²) in [7, 11) is 0. The van der Waals surface area contributed by atoms with Crippen molar-refractivity contribution in [1.82, 2.24) is 19.8 Å². The Morgan fingerprint density at radius 2 is 1.73 bits per heavy atom. The molecule has 0 saturated carbocycles. The second-order valence-corrected chi connectivity index (χ2v) is 7.73. The van der Waals surface area contributed by atoms with Gasteiger partial charge in [-0.3, -0.25) is 4.79 Å². The maximum absolute atomic E-state index is 12.3. The molecule has 0 unspecified atom stereocenters. The first-order chi connectivity index (χ1) is 14.8. The van der Waals surface area contributed by atoms with Crippen molar-refractivity contribution in [3.8, 4) is 22.0 Å². The van der Waals surface area contributed by atoms with Gasteiger partial charge in [0.05, 0.1) is 17.0 Å². The molecule has 5 rings (SSSR count). The molecule has 0 bridgehead atoms. The Kier molecular flexibility index (Phi) is 4.78. The fraction of sp³-hybridized carbons (Fsp3) is 0.0435. The van der Waals surface area contributed by atoms with Gasteiger partial charge in [0, 0.05) is 11.3 Å². The summed E-state index contributed by atoms with van der Waals surface area (Å²) < 4.78 is 1.76. The van der Waals surface area contributed by atoms with Gasteiger partial charge in [-0.25, -0.2) is 0 Å². The molecule has 0 aliphatic carbocycles. The molecule has 0 aliphatic heterocycles. The number of hydrogen-bond acceptors (Lipinski definition) is 5. The number of rotatable bonds is 5. The van der Waals surface area contributed by atoms with Crippen LogP contribution in [-0.4, -0.2) is 25.7 Å². The molecule has 0 fully saturated rings. The lowest BCUT2D eigenvalue weighted by atomic mass is 10.1. The lowest BCUT2D eigenvalue weighted by Gasteiger charge is -2.07. The number of carbonyl (C=O) groups is 1. The van der Waals surface area contributed by atoms with E-state index in [0.29, 0.717) is 12.1 Å². The second kappa shape index (κ2) is 7.88. The number of thiophene rings is 1. The van der Waals surface area contributed by atoms with Crippen LogP contribution >= 0.6 is 11.3 Å². The molecule has 0 atom stereocenters. The van der Waals surface area contributed by atoms with Crippen LogP contribution in [0.4, 0.5) is 5.69 Å². The zero-order valence-electron chi connectivity index (χ0n) is 15.9. The van der Waals surface area contributed by atoms with Gasteiger partial charge >= 0.3 is 0 Å². The number of carbonyl (C=O) groups excluding carboxylic acids is 1. The number of amides is 1. The van der Waals surface area contributed by atoms with Crippen LogP contribution in [0.5, 0.6) is 0 Å². The first kappa shape index (κ1) is 18.2. The Bertz CT molecular complexity index is 1290. The molecule has 1 N–H and O–H groups in total. The number of nitrogens with one attached hydrogen (secondary N) is 1. The van der Waals surface area contributed by atoms with Crippen LogP contribution in [0.1, 0.15) is 5.56 Å².